The summed E-state index contributed by atoms with van der Waals surface area (Å²) >= 11 is 0. The molecule has 0 aliphatic heterocycles. The van der Waals surface area contributed by atoms with Crippen LogP contribution in [0.3, 0.4) is 0 Å². The normalized spacial score (nSPS) is 16.0. The predicted octanol–water partition coefficient (Wildman–Crippen LogP) is 3.30. The van der Waals surface area contributed by atoms with E-state index in [1.165, 1.54) is 13.8 Å². The molecule has 11 nitrogen and oxygen atoms in total. The number of amides is 2. The molecule has 44 heavy (non-hydrogen) atoms. The van der Waals surface area contributed by atoms with Crippen LogP contribution in [0, 0.1) is 11.8 Å². The van der Waals surface area contributed by atoms with Crippen LogP contribution in [-0.4, -0.2) is 77.3 Å². The summed E-state index contributed by atoms with van der Waals surface area (Å²) < 4.78 is 16.3. The Hall–Kier alpha value is -3.96. The zero-order valence-corrected chi connectivity index (χ0v) is 26.3. The lowest BCUT2D eigenvalue weighted by molar-refractivity contribution is -0.162. The lowest BCUT2D eigenvalue weighted by atomic mass is 9.94. The van der Waals surface area contributed by atoms with Gasteiger partial charge in [-0.15, -0.1) is 0 Å². The summed E-state index contributed by atoms with van der Waals surface area (Å²) in [5.41, 5.74) is 3.22. The van der Waals surface area contributed by atoms with E-state index in [0.717, 1.165) is 22.3 Å². The maximum atomic E-state index is 13.6. The van der Waals surface area contributed by atoms with E-state index in [2.05, 4.69) is 10.6 Å². The first kappa shape index (κ1) is 34.5. The third kappa shape index (κ3) is 8.57. The van der Waals surface area contributed by atoms with Gasteiger partial charge in [-0.2, -0.15) is 0 Å². The summed E-state index contributed by atoms with van der Waals surface area (Å²) in [6.07, 6.45) is -3.22. The molecule has 0 saturated heterocycles. The first-order valence-electron chi connectivity index (χ1n) is 14.8. The highest BCUT2D eigenvalue weighted by molar-refractivity contribution is 5.87. The number of carbonyl (C=O) groups is 4. The molecule has 0 unspecified atom stereocenters. The second-order valence-corrected chi connectivity index (χ2v) is 12.4. The number of rotatable bonds is 12. The molecule has 0 saturated carbocycles. The minimum Gasteiger partial charge on any atom is -0.463 e. The Bertz CT molecular complexity index is 1290. The first-order valence-corrected chi connectivity index (χ1v) is 14.8. The Morgan fingerprint density at radius 3 is 1.91 bits per heavy atom. The second kappa shape index (κ2) is 14.7. The number of aliphatic hydroxyl groups is 2. The fourth-order valence-electron chi connectivity index (χ4n) is 5.04. The van der Waals surface area contributed by atoms with Crippen molar-refractivity contribution >= 4 is 23.9 Å². The highest BCUT2D eigenvalue weighted by Gasteiger charge is 2.37. The predicted molar refractivity (Wildman–Crippen MR) is 162 cm³/mol. The van der Waals surface area contributed by atoms with Gasteiger partial charge in [0.2, 0.25) is 5.91 Å². The standard InChI is InChI=1S/C33H44N2O9/c1-18(2)28(37)19(3)29(38)35-27(20(4)43-30(39)26(16-36)34-32(41)44-33(5,6)7)31(40)42-17-25-23-14-10-8-12-21(23)22-13-9-11-15-24(22)25/h8-15,18-20,25-28,36-37H,16-17H2,1-7H3,(H,34,41)(H,35,38)/t19-,20-,26+,27+,28-/m1/s1. The fourth-order valence-corrected chi connectivity index (χ4v) is 5.04. The van der Waals surface area contributed by atoms with Gasteiger partial charge in [0.15, 0.2) is 12.1 Å². The summed E-state index contributed by atoms with van der Waals surface area (Å²) in [5.74, 6) is -3.92. The van der Waals surface area contributed by atoms with E-state index in [-0.39, 0.29) is 18.4 Å². The van der Waals surface area contributed by atoms with E-state index in [1.54, 1.807) is 34.6 Å². The lowest BCUT2D eigenvalue weighted by Gasteiger charge is -2.28. The van der Waals surface area contributed by atoms with Crippen molar-refractivity contribution in [2.24, 2.45) is 11.8 Å². The zero-order chi connectivity index (χ0) is 32.8. The molecular formula is C33H44N2O9. The van der Waals surface area contributed by atoms with Gasteiger partial charge in [0, 0.05) is 5.92 Å². The molecule has 0 aromatic heterocycles. The van der Waals surface area contributed by atoms with Crippen molar-refractivity contribution in [3.05, 3.63) is 59.7 Å². The van der Waals surface area contributed by atoms with Crippen LogP contribution < -0.4 is 10.6 Å². The number of esters is 2. The van der Waals surface area contributed by atoms with Crippen molar-refractivity contribution in [1.82, 2.24) is 10.6 Å². The molecule has 5 atom stereocenters. The average molecular weight is 613 g/mol. The molecule has 3 rings (SSSR count). The maximum Gasteiger partial charge on any atom is 0.408 e. The largest absolute Gasteiger partial charge is 0.463 e. The smallest absolute Gasteiger partial charge is 0.408 e. The minimum absolute atomic E-state index is 0.0382. The van der Waals surface area contributed by atoms with Gasteiger partial charge >= 0.3 is 18.0 Å². The van der Waals surface area contributed by atoms with Gasteiger partial charge in [0.05, 0.1) is 18.6 Å². The lowest BCUT2D eigenvalue weighted by Crippen LogP contribution is -2.54. The number of aliphatic hydroxyl groups excluding tert-OH is 2. The molecule has 0 bridgehead atoms. The second-order valence-electron chi connectivity index (χ2n) is 12.4. The number of nitrogens with one attached hydrogen (secondary N) is 2. The molecule has 240 valence electrons. The van der Waals surface area contributed by atoms with E-state index >= 15 is 0 Å². The van der Waals surface area contributed by atoms with Crippen LogP contribution in [0.2, 0.25) is 0 Å². The SMILES string of the molecule is CC(C)[C@@H](O)[C@@H](C)C(=O)N[C@H](C(=O)OCC1c2ccccc2-c2ccccc21)[C@@H](C)OC(=O)[C@H](CO)NC(=O)OC(C)(C)C. The third-order valence-corrected chi connectivity index (χ3v) is 7.44. The minimum atomic E-state index is -1.49. The van der Waals surface area contributed by atoms with E-state index < -0.39 is 66.4 Å². The van der Waals surface area contributed by atoms with Crippen molar-refractivity contribution < 1.29 is 43.6 Å². The average Bonchev–Trinajstić information content (AvgIpc) is 3.28. The van der Waals surface area contributed by atoms with Gasteiger partial charge in [-0.25, -0.2) is 14.4 Å². The molecule has 0 radical (unpaired) electrons. The number of hydrogen-bond acceptors (Lipinski definition) is 9. The first-order chi connectivity index (χ1) is 20.6. The van der Waals surface area contributed by atoms with Crippen LogP contribution in [-0.2, 0) is 28.6 Å². The van der Waals surface area contributed by atoms with Crippen molar-refractivity contribution in [2.75, 3.05) is 13.2 Å². The quantitative estimate of drug-likeness (QED) is 0.208. The number of hydrogen-bond donors (Lipinski definition) is 4. The number of carbonyl (C=O) groups excluding carboxylic acids is 4. The highest BCUT2D eigenvalue weighted by Crippen LogP contribution is 2.44. The summed E-state index contributed by atoms with van der Waals surface area (Å²) in [4.78, 5) is 51.8. The summed E-state index contributed by atoms with van der Waals surface area (Å²) in [7, 11) is 0. The van der Waals surface area contributed by atoms with Crippen LogP contribution in [0.25, 0.3) is 11.1 Å². The van der Waals surface area contributed by atoms with Gasteiger partial charge < -0.3 is 35.1 Å². The van der Waals surface area contributed by atoms with Crippen LogP contribution in [0.5, 0.6) is 0 Å². The van der Waals surface area contributed by atoms with E-state index in [1.807, 2.05) is 48.5 Å². The molecule has 0 heterocycles. The summed E-state index contributed by atoms with van der Waals surface area (Å²) in [5, 5.41) is 25.0. The molecule has 1 aliphatic rings. The van der Waals surface area contributed by atoms with Gasteiger partial charge in [-0.05, 0) is 55.9 Å². The van der Waals surface area contributed by atoms with Crippen LogP contribution in [0.15, 0.2) is 48.5 Å². The molecule has 1 aliphatic carbocycles. The monoisotopic (exact) mass is 612 g/mol. The molecule has 2 aromatic carbocycles. The van der Waals surface area contributed by atoms with Gasteiger partial charge in [-0.1, -0.05) is 69.3 Å². The van der Waals surface area contributed by atoms with Crippen molar-refractivity contribution in [1.29, 1.82) is 0 Å². The molecule has 11 heteroatoms. The molecule has 2 amide bonds. The van der Waals surface area contributed by atoms with Gasteiger partial charge in [0.25, 0.3) is 0 Å². The van der Waals surface area contributed by atoms with Crippen molar-refractivity contribution in [3.63, 3.8) is 0 Å². The molecule has 4 N–H and O–H groups in total. The number of ether oxygens (including phenoxy) is 3. The Morgan fingerprint density at radius 1 is 0.864 bits per heavy atom. The Morgan fingerprint density at radius 2 is 1.41 bits per heavy atom. The van der Waals surface area contributed by atoms with E-state index in [4.69, 9.17) is 14.2 Å². The fraction of sp³-hybridized carbons (Fsp3) is 0.515. The Balaban J connectivity index is 1.79. The van der Waals surface area contributed by atoms with Gasteiger partial charge in [0.1, 0.15) is 18.3 Å². The number of benzene rings is 2. The zero-order valence-electron chi connectivity index (χ0n) is 26.3. The number of alkyl carbamates (subject to hydrolysis) is 1. The maximum absolute atomic E-state index is 13.6. The van der Waals surface area contributed by atoms with Crippen LogP contribution in [0.1, 0.15) is 65.5 Å². The van der Waals surface area contributed by atoms with Gasteiger partial charge in [-0.3, -0.25) is 4.79 Å². The Labute approximate surface area is 258 Å². The molecule has 2 aromatic rings. The third-order valence-electron chi connectivity index (χ3n) is 7.44. The van der Waals surface area contributed by atoms with E-state index in [9.17, 15) is 29.4 Å². The summed E-state index contributed by atoms with van der Waals surface area (Å²) in [6.45, 7) is 10.5. The van der Waals surface area contributed by atoms with E-state index in [0.29, 0.717) is 0 Å². The van der Waals surface area contributed by atoms with Crippen LogP contribution in [0.4, 0.5) is 4.79 Å². The van der Waals surface area contributed by atoms with Crippen molar-refractivity contribution in [3.8, 4) is 11.1 Å². The number of fused-ring (bicyclic) bond motifs is 3. The molecule has 0 fully saturated rings. The summed E-state index contributed by atoms with van der Waals surface area (Å²) in [6, 6.07) is 12.7. The Kier molecular flexibility index (Phi) is 11.5. The molecule has 0 spiro atoms. The van der Waals surface area contributed by atoms with Crippen molar-refractivity contribution in [2.45, 2.75) is 84.3 Å². The van der Waals surface area contributed by atoms with Crippen LogP contribution >= 0.6 is 0 Å². The topological polar surface area (TPSA) is 160 Å². The molecular weight excluding hydrogens is 568 g/mol. The highest BCUT2D eigenvalue weighted by atomic mass is 16.6.